The van der Waals surface area contributed by atoms with Crippen LogP contribution in [0, 0.1) is 20.2 Å². The van der Waals surface area contributed by atoms with Crippen molar-refractivity contribution in [1.29, 1.82) is 0 Å². The molecule has 3 aromatic carbocycles. The summed E-state index contributed by atoms with van der Waals surface area (Å²) < 4.78 is 0. The molecule has 0 saturated carbocycles. The zero-order chi connectivity index (χ0) is 20.6. The van der Waals surface area contributed by atoms with E-state index in [1.54, 1.807) is 36.4 Å². The Morgan fingerprint density at radius 2 is 1.45 bits per heavy atom. The minimum Gasteiger partial charge on any atom is -0.276 e. The summed E-state index contributed by atoms with van der Waals surface area (Å²) in [5.74, 6) is 0.0732. The average molecular weight is 390 g/mol. The lowest BCUT2D eigenvalue weighted by molar-refractivity contribution is -0.385. The maximum Gasteiger partial charge on any atom is 0.271 e. The number of hydrogen-bond acceptors (Lipinski definition) is 7. The highest BCUT2D eigenvalue weighted by Crippen LogP contribution is 2.19. The van der Waals surface area contributed by atoms with Crippen LogP contribution in [0.5, 0.6) is 0 Å². The number of anilines is 1. The van der Waals surface area contributed by atoms with Gasteiger partial charge in [0.05, 0.1) is 21.2 Å². The molecule has 3 aromatic rings. The van der Waals surface area contributed by atoms with Gasteiger partial charge >= 0.3 is 0 Å². The van der Waals surface area contributed by atoms with Crippen LogP contribution in [0.1, 0.15) is 5.56 Å². The molecule has 10 nitrogen and oxygen atoms in total. The fourth-order valence-corrected chi connectivity index (χ4v) is 2.31. The summed E-state index contributed by atoms with van der Waals surface area (Å²) in [5.41, 5.74) is 3.74. The minimum absolute atomic E-state index is 0.0732. The lowest BCUT2D eigenvalue weighted by atomic mass is 10.2. The molecule has 0 spiro atoms. The SMILES string of the molecule is O=[N+]([O-])c1cccc(N/N=C(/N=Nc2ccccc2)c2cccc([N+](=O)[O-])c2)c1. The molecule has 0 radical (unpaired) electrons. The van der Waals surface area contributed by atoms with Crippen LogP contribution >= 0.6 is 0 Å². The van der Waals surface area contributed by atoms with Gasteiger partial charge in [-0.1, -0.05) is 36.4 Å². The first-order valence-electron chi connectivity index (χ1n) is 8.33. The second-order valence-corrected chi connectivity index (χ2v) is 5.70. The van der Waals surface area contributed by atoms with E-state index in [9.17, 15) is 20.2 Å². The molecule has 3 rings (SSSR count). The Labute approximate surface area is 164 Å². The van der Waals surface area contributed by atoms with Crippen molar-refractivity contribution in [3.8, 4) is 0 Å². The summed E-state index contributed by atoms with van der Waals surface area (Å²) in [4.78, 5) is 20.9. The minimum atomic E-state index is -0.524. The second kappa shape index (κ2) is 8.95. The van der Waals surface area contributed by atoms with Crippen LogP contribution in [0.15, 0.2) is 94.2 Å². The Morgan fingerprint density at radius 1 is 0.793 bits per heavy atom. The Balaban J connectivity index is 1.96. The number of benzene rings is 3. The van der Waals surface area contributed by atoms with Gasteiger partial charge in [0.25, 0.3) is 11.4 Å². The first kappa shape index (κ1) is 19.3. The molecular weight excluding hydrogens is 376 g/mol. The molecule has 0 amide bonds. The summed E-state index contributed by atoms with van der Waals surface area (Å²) >= 11 is 0. The molecule has 1 N–H and O–H groups in total. The van der Waals surface area contributed by atoms with Gasteiger partial charge in [0.2, 0.25) is 5.84 Å². The van der Waals surface area contributed by atoms with Gasteiger partial charge in [-0.25, -0.2) is 0 Å². The number of rotatable bonds is 6. The van der Waals surface area contributed by atoms with Crippen molar-refractivity contribution in [2.75, 3.05) is 5.43 Å². The molecular formula is C19H14N6O4. The van der Waals surface area contributed by atoms with Gasteiger partial charge in [0.15, 0.2) is 0 Å². The number of hydrogen-bond donors (Lipinski definition) is 1. The van der Waals surface area contributed by atoms with Crippen molar-refractivity contribution in [3.05, 3.63) is 105 Å². The van der Waals surface area contributed by atoms with E-state index in [1.165, 1.54) is 36.4 Å². The Bertz CT molecular complexity index is 1100. The maximum absolute atomic E-state index is 11.1. The van der Waals surface area contributed by atoms with Crippen molar-refractivity contribution < 1.29 is 9.85 Å². The third-order valence-electron chi connectivity index (χ3n) is 3.68. The van der Waals surface area contributed by atoms with Gasteiger partial charge in [-0.05, 0) is 18.2 Å². The first-order chi connectivity index (χ1) is 14.0. The van der Waals surface area contributed by atoms with Crippen molar-refractivity contribution >= 4 is 28.6 Å². The molecule has 0 aliphatic heterocycles. The van der Waals surface area contributed by atoms with Crippen LogP contribution in [0.25, 0.3) is 0 Å². The molecule has 0 aliphatic rings. The van der Waals surface area contributed by atoms with E-state index < -0.39 is 9.85 Å². The number of nitrogens with zero attached hydrogens (tertiary/aromatic N) is 5. The van der Waals surface area contributed by atoms with E-state index >= 15 is 0 Å². The van der Waals surface area contributed by atoms with Gasteiger partial charge < -0.3 is 0 Å². The van der Waals surface area contributed by atoms with Crippen molar-refractivity contribution in [1.82, 2.24) is 0 Å². The monoisotopic (exact) mass is 390 g/mol. The molecule has 0 bridgehead atoms. The van der Waals surface area contributed by atoms with Gasteiger partial charge in [0, 0.05) is 29.8 Å². The molecule has 0 aromatic heterocycles. The molecule has 10 heteroatoms. The van der Waals surface area contributed by atoms with E-state index in [2.05, 4.69) is 20.8 Å². The lowest BCUT2D eigenvalue weighted by Crippen LogP contribution is -2.02. The molecule has 0 unspecified atom stereocenters. The largest absolute Gasteiger partial charge is 0.276 e. The summed E-state index contributed by atoms with van der Waals surface area (Å²) in [6.45, 7) is 0. The predicted molar refractivity (Wildman–Crippen MR) is 107 cm³/mol. The number of amidine groups is 1. The highest BCUT2D eigenvalue weighted by Gasteiger charge is 2.11. The fourth-order valence-electron chi connectivity index (χ4n) is 2.31. The molecule has 0 fully saturated rings. The van der Waals surface area contributed by atoms with Gasteiger partial charge in [-0.2, -0.15) is 5.10 Å². The van der Waals surface area contributed by atoms with Crippen molar-refractivity contribution in [3.63, 3.8) is 0 Å². The van der Waals surface area contributed by atoms with Crippen molar-refractivity contribution in [2.45, 2.75) is 0 Å². The van der Waals surface area contributed by atoms with E-state index in [1.807, 2.05) is 6.07 Å². The van der Waals surface area contributed by atoms with Gasteiger partial charge in [-0.3, -0.25) is 25.7 Å². The van der Waals surface area contributed by atoms with E-state index in [0.717, 1.165) is 0 Å². The number of azo groups is 1. The van der Waals surface area contributed by atoms with Crippen molar-refractivity contribution in [2.24, 2.45) is 15.3 Å². The zero-order valence-electron chi connectivity index (χ0n) is 14.9. The quantitative estimate of drug-likeness (QED) is 0.206. The van der Waals surface area contributed by atoms with Crippen LogP contribution in [-0.4, -0.2) is 15.7 Å². The van der Waals surface area contributed by atoms with Gasteiger partial charge in [-0.15, -0.1) is 10.2 Å². The molecule has 29 heavy (non-hydrogen) atoms. The summed E-state index contributed by atoms with van der Waals surface area (Å²) in [5, 5.41) is 34.3. The topological polar surface area (TPSA) is 135 Å². The zero-order valence-corrected chi connectivity index (χ0v) is 14.9. The Hall–Kier alpha value is -4.47. The van der Waals surface area contributed by atoms with Crippen LogP contribution in [0.4, 0.5) is 22.7 Å². The smallest absolute Gasteiger partial charge is 0.271 e. The highest BCUT2D eigenvalue weighted by molar-refractivity contribution is 6.00. The van der Waals surface area contributed by atoms with Gasteiger partial charge in [0.1, 0.15) is 0 Å². The molecule has 0 atom stereocenters. The van der Waals surface area contributed by atoms with Crippen LogP contribution in [-0.2, 0) is 0 Å². The fraction of sp³-hybridized carbons (Fsp3) is 0. The Kier molecular flexibility index (Phi) is 5.96. The Morgan fingerprint density at radius 3 is 2.14 bits per heavy atom. The standard InChI is InChI=1S/C19H14N6O4/c26-24(27)17-10-4-6-14(12-17)19(22-20-15-7-2-1-3-8-15)23-21-16-9-5-11-18(13-16)25(28)29/h1-13,21H/b22-20?,23-19+. The number of nitro benzene ring substituents is 2. The van der Waals surface area contributed by atoms with E-state index in [4.69, 9.17) is 0 Å². The van der Waals surface area contributed by atoms with E-state index in [0.29, 0.717) is 16.9 Å². The van der Waals surface area contributed by atoms with Crippen LogP contribution < -0.4 is 5.43 Å². The summed E-state index contributed by atoms with van der Waals surface area (Å²) in [7, 11) is 0. The summed E-state index contributed by atoms with van der Waals surface area (Å²) in [6, 6.07) is 20.4. The number of nitro groups is 2. The normalized spacial score (nSPS) is 11.4. The third kappa shape index (κ3) is 5.26. The molecule has 0 heterocycles. The number of hydrazone groups is 1. The molecule has 0 aliphatic carbocycles. The van der Waals surface area contributed by atoms with Crippen LogP contribution in [0.3, 0.4) is 0 Å². The number of nitrogens with one attached hydrogen (secondary N) is 1. The first-order valence-corrected chi connectivity index (χ1v) is 8.33. The molecule has 144 valence electrons. The second-order valence-electron chi connectivity index (χ2n) is 5.70. The predicted octanol–water partition coefficient (Wildman–Crippen LogP) is 5.06. The third-order valence-corrected chi connectivity index (χ3v) is 3.68. The van der Waals surface area contributed by atoms with Crippen LogP contribution in [0.2, 0.25) is 0 Å². The van der Waals surface area contributed by atoms with E-state index in [-0.39, 0.29) is 17.2 Å². The molecule has 0 saturated heterocycles. The number of non-ortho nitro benzene ring substituents is 2. The lowest BCUT2D eigenvalue weighted by Gasteiger charge is -2.04. The highest BCUT2D eigenvalue weighted by atomic mass is 16.6. The summed E-state index contributed by atoms with van der Waals surface area (Å²) in [6.07, 6.45) is 0. The average Bonchev–Trinajstić information content (AvgIpc) is 2.74. The maximum atomic E-state index is 11.1.